The molecule has 2 aromatic rings. The van der Waals surface area contributed by atoms with Crippen molar-refractivity contribution >= 4 is 17.6 Å². The van der Waals surface area contributed by atoms with Gasteiger partial charge in [-0.1, -0.05) is 18.2 Å². The summed E-state index contributed by atoms with van der Waals surface area (Å²) in [6.45, 7) is 0.790. The van der Waals surface area contributed by atoms with Gasteiger partial charge in [-0.2, -0.15) is 0 Å². The van der Waals surface area contributed by atoms with Crippen LogP contribution in [0.4, 0.5) is 19.3 Å². The molecular weight excluding hydrogens is 340 g/mol. The monoisotopic (exact) mass is 359 g/mol. The quantitative estimate of drug-likeness (QED) is 0.882. The number of rotatable bonds is 3. The molecule has 0 saturated carbocycles. The highest BCUT2D eigenvalue weighted by Gasteiger charge is 2.26. The Kier molecular flexibility index (Phi) is 5.46. The Labute approximate surface area is 150 Å². The molecule has 0 spiro atoms. The van der Waals surface area contributed by atoms with E-state index in [0.29, 0.717) is 37.7 Å². The fraction of sp³-hybridized carbons (Fsp3) is 0.263. The molecule has 0 bridgehead atoms. The Hall–Kier alpha value is -2.96. The highest BCUT2D eigenvalue weighted by Crippen LogP contribution is 2.17. The Balaban J connectivity index is 1.51. The third kappa shape index (κ3) is 4.36. The normalized spacial score (nSPS) is 14.8. The number of carbonyl (C=O) groups excluding carboxylic acids is 2. The predicted octanol–water partition coefficient (Wildman–Crippen LogP) is 3.39. The van der Waals surface area contributed by atoms with Gasteiger partial charge < -0.3 is 15.5 Å². The van der Waals surface area contributed by atoms with Crippen molar-refractivity contribution in [1.82, 2.24) is 10.2 Å². The Morgan fingerprint density at radius 2 is 1.69 bits per heavy atom. The van der Waals surface area contributed by atoms with Crippen LogP contribution in [-0.4, -0.2) is 36.0 Å². The van der Waals surface area contributed by atoms with Gasteiger partial charge >= 0.3 is 6.03 Å². The largest absolute Gasteiger partial charge is 0.338 e. The van der Waals surface area contributed by atoms with Crippen LogP contribution in [0.5, 0.6) is 0 Å². The lowest BCUT2D eigenvalue weighted by molar-refractivity contribution is 0.0704. The van der Waals surface area contributed by atoms with Crippen molar-refractivity contribution in [1.29, 1.82) is 0 Å². The van der Waals surface area contributed by atoms with Crippen LogP contribution in [0.3, 0.4) is 0 Å². The average molecular weight is 359 g/mol. The van der Waals surface area contributed by atoms with Crippen LogP contribution in [0.1, 0.15) is 23.2 Å². The first-order valence-corrected chi connectivity index (χ1v) is 8.40. The van der Waals surface area contributed by atoms with Gasteiger partial charge in [0.15, 0.2) is 0 Å². The lowest BCUT2D eigenvalue weighted by Crippen LogP contribution is -2.47. The SMILES string of the molecule is O=C(Nc1ccccc1)NC1CCN(C(=O)c2ccc(F)cc2F)CC1. The van der Waals surface area contributed by atoms with Crippen molar-refractivity contribution in [2.45, 2.75) is 18.9 Å². The summed E-state index contributed by atoms with van der Waals surface area (Å²) in [6, 6.07) is 11.7. The molecule has 2 aromatic carbocycles. The second-order valence-electron chi connectivity index (χ2n) is 6.16. The van der Waals surface area contributed by atoms with Gasteiger partial charge in [-0.3, -0.25) is 4.79 Å². The van der Waals surface area contributed by atoms with Gasteiger partial charge in [-0.15, -0.1) is 0 Å². The number of hydrogen-bond donors (Lipinski definition) is 2. The number of likely N-dealkylation sites (tertiary alicyclic amines) is 1. The van der Waals surface area contributed by atoms with Gasteiger partial charge in [0.25, 0.3) is 5.91 Å². The molecule has 7 heteroatoms. The molecule has 0 atom stereocenters. The number of hydrogen-bond acceptors (Lipinski definition) is 2. The minimum absolute atomic E-state index is 0.0687. The van der Waals surface area contributed by atoms with Gasteiger partial charge in [0.1, 0.15) is 11.6 Å². The van der Waals surface area contributed by atoms with E-state index >= 15 is 0 Å². The number of nitrogens with zero attached hydrogens (tertiary/aromatic N) is 1. The number of urea groups is 1. The number of carbonyl (C=O) groups is 2. The third-order valence-corrected chi connectivity index (χ3v) is 4.31. The minimum Gasteiger partial charge on any atom is -0.338 e. The summed E-state index contributed by atoms with van der Waals surface area (Å²) >= 11 is 0. The zero-order valence-electron chi connectivity index (χ0n) is 14.0. The molecule has 3 amide bonds. The van der Waals surface area contributed by atoms with Crippen LogP contribution in [0, 0.1) is 11.6 Å². The highest BCUT2D eigenvalue weighted by molar-refractivity contribution is 5.94. The van der Waals surface area contributed by atoms with E-state index in [0.717, 1.165) is 12.1 Å². The maximum absolute atomic E-state index is 13.8. The second kappa shape index (κ2) is 7.95. The zero-order chi connectivity index (χ0) is 18.5. The molecule has 136 valence electrons. The van der Waals surface area contributed by atoms with Crippen molar-refractivity contribution in [2.75, 3.05) is 18.4 Å². The third-order valence-electron chi connectivity index (χ3n) is 4.31. The molecule has 3 rings (SSSR count). The van der Waals surface area contributed by atoms with Gasteiger partial charge in [0.05, 0.1) is 5.56 Å². The molecule has 1 aliphatic heterocycles. The fourth-order valence-electron chi connectivity index (χ4n) is 2.93. The topological polar surface area (TPSA) is 61.4 Å². The maximum Gasteiger partial charge on any atom is 0.319 e. The molecule has 1 saturated heterocycles. The molecule has 0 radical (unpaired) electrons. The maximum atomic E-state index is 13.8. The van der Waals surface area contributed by atoms with Crippen molar-refractivity contribution < 1.29 is 18.4 Å². The van der Waals surface area contributed by atoms with E-state index in [4.69, 9.17) is 0 Å². The summed E-state index contributed by atoms with van der Waals surface area (Å²) in [5.41, 5.74) is 0.559. The number of piperidine rings is 1. The first-order valence-electron chi connectivity index (χ1n) is 8.40. The Bertz CT molecular complexity index is 791. The van der Waals surface area contributed by atoms with Crippen molar-refractivity contribution in [3.63, 3.8) is 0 Å². The van der Waals surface area contributed by atoms with Crippen LogP contribution in [0.15, 0.2) is 48.5 Å². The van der Waals surface area contributed by atoms with Crippen molar-refractivity contribution in [2.24, 2.45) is 0 Å². The van der Waals surface area contributed by atoms with Crippen LogP contribution in [-0.2, 0) is 0 Å². The van der Waals surface area contributed by atoms with Gasteiger partial charge in [0.2, 0.25) is 0 Å². The van der Waals surface area contributed by atoms with Crippen LogP contribution < -0.4 is 10.6 Å². The zero-order valence-corrected chi connectivity index (χ0v) is 14.0. The van der Waals surface area contributed by atoms with E-state index < -0.39 is 17.5 Å². The molecule has 0 aliphatic carbocycles. The first-order chi connectivity index (χ1) is 12.5. The smallest absolute Gasteiger partial charge is 0.319 e. The first kappa shape index (κ1) is 17.8. The highest BCUT2D eigenvalue weighted by atomic mass is 19.1. The minimum atomic E-state index is -0.863. The van der Waals surface area contributed by atoms with Crippen molar-refractivity contribution in [3.05, 3.63) is 65.7 Å². The van der Waals surface area contributed by atoms with Crippen molar-refractivity contribution in [3.8, 4) is 0 Å². The fourth-order valence-corrected chi connectivity index (χ4v) is 2.93. The molecule has 1 aliphatic rings. The number of nitrogens with one attached hydrogen (secondary N) is 2. The lowest BCUT2D eigenvalue weighted by Gasteiger charge is -2.32. The van der Waals surface area contributed by atoms with Crippen LogP contribution in [0.25, 0.3) is 0 Å². The predicted molar refractivity (Wildman–Crippen MR) is 93.9 cm³/mol. The Morgan fingerprint density at radius 3 is 2.35 bits per heavy atom. The van der Waals surface area contributed by atoms with E-state index in [1.807, 2.05) is 18.2 Å². The molecule has 0 unspecified atom stereocenters. The molecular formula is C19H19F2N3O2. The lowest BCUT2D eigenvalue weighted by atomic mass is 10.0. The van der Waals surface area contributed by atoms with E-state index in [1.54, 1.807) is 12.1 Å². The van der Waals surface area contributed by atoms with E-state index in [1.165, 1.54) is 4.90 Å². The number of para-hydroxylation sites is 1. The van der Waals surface area contributed by atoms with E-state index in [2.05, 4.69) is 10.6 Å². The standard InChI is InChI=1S/C19H19F2N3O2/c20-13-6-7-16(17(21)12-13)18(25)24-10-8-15(9-11-24)23-19(26)22-14-4-2-1-3-5-14/h1-7,12,15H,8-11H2,(H2,22,23,26). The average Bonchev–Trinajstić information content (AvgIpc) is 2.62. The summed E-state index contributed by atoms with van der Waals surface area (Å²) in [4.78, 5) is 25.9. The molecule has 1 fully saturated rings. The summed E-state index contributed by atoms with van der Waals surface area (Å²) in [7, 11) is 0. The summed E-state index contributed by atoms with van der Waals surface area (Å²) in [5.74, 6) is -2.04. The van der Waals surface area contributed by atoms with Gasteiger partial charge in [0, 0.05) is 30.9 Å². The summed E-state index contributed by atoms with van der Waals surface area (Å²) in [5, 5.41) is 5.62. The molecule has 2 N–H and O–H groups in total. The van der Waals surface area contributed by atoms with E-state index in [-0.39, 0.29) is 17.6 Å². The summed E-state index contributed by atoms with van der Waals surface area (Å²) in [6.07, 6.45) is 1.13. The molecule has 5 nitrogen and oxygen atoms in total. The molecule has 26 heavy (non-hydrogen) atoms. The van der Waals surface area contributed by atoms with Crippen LogP contribution >= 0.6 is 0 Å². The Morgan fingerprint density at radius 1 is 1.00 bits per heavy atom. The number of amides is 3. The second-order valence-corrected chi connectivity index (χ2v) is 6.16. The van der Waals surface area contributed by atoms with E-state index in [9.17, 15) is 18.4 Å². The summed E-state index contributed by atoms with van der Waals surface area (Å²) < 4.78 is 26.7. The number of halogens is 2. The number of anilines is 1. The van der Waals surface area contributed by atoms with Crippen LogP contribution in [0.2, 0.25) is 0 Å². The number of benzene rings is 2. The van der Waals surface area contributed by atoms with Gasteiger partial charge in [-0.05, 0) is 37.1 Å². The molecule has 1 heterocycles. The van der Waals surface area contributed by atoms with Gasteiger partial charge in [-0.25, -0.2) is 13.6 Å². The molecule has 0 aromatic heterocycles.